The van der Waals surface area contributed by atoms with Gasteiger partial charge in [-0.3, -0.25) is 0 Å². The van der Waals surface area contributed by atoms with Crippen LogP contribution in [0.5, 0.6) is 23.0 Å². The normalized spacial score (nSPS) is 13.1. The Labute approximate surface area is 274 Å². The summed E-state index contributed by atoms with van der Waals surface area (Å²) in [6.45, 7) is 9.95. The first-order chi connectivity index (χ1) is 22.8. The predicted molar refractivity (Wildman–Crippen MR) is 171 cm³/mol. The van der Waals surface area contributed by atoms with Crippen molar-refractivity contribution in [2.24, 2.45) is 5.41 Å². The molecule has 11 nitrogen and oxygen atoms in total. The van der Waals surface area contributed by atoms with Crippen molar-refractivity contribution in [3.63, 3.8) is 0 Å². The fraction of sp³-hybridized carbons (Fsp3) is 0.361. The summed E-state index contributed by atoms with van der Waals surface area (Å²) in [5.41, 5.74) is 0.820. The molecule has 1 fully saturated rings. The second kappa shape index (κ2) is 18.4. The van der Waals surface area contributed by atoms with Crippen molar-refractivity contribution < 1.29 is 52.3 Å². The Balaban J connectivity index is 1.11. The molecule has 0 radical (unpaired) electrons. The summed E-state index contributed by atoms with van der Waals surface area (Å²) in [7, 11) is 0. The van der Waals surface area contributed by atoms with Crippen LogP contribution in [0.3, 0.4) is 0 Å². The summed E-state index contributed by atoms with van der Waals surface area (Å²) < 4.78 is 43.3. The summed E-state index contributed by atoms with van der Waals surface area (Å²) in [4.78, 5) is 36.2. The summed E-state index contributed by atoms with van der Waals surface area (Å²) in [5, 5.41) is 0. The van der Waals surface area contributed by atoms with E-state index in [9.17, 15) is 14.4 Å². The quantitative estimate of drug-likeness (QED) is 0.0671. The molecule has 1 aliphatic heterocycles. The number of hydrogen-bond donors (Lipinski definition) is 0. The highest BCUT2D eigenvalue weighted by atomic mass is 16.6. The van der Waals surface area contributed by atoms with Gasteiger partial charge in [-0.25, -0.2) is 14.4 Å². The zero-order valence-corrected chi connectivity index (χ0v) is 26.5. The monoisotopic (exact) mass is 648 g/mol. The van der Waals surface area contributed by atoms with E-state index >= 15 is 0 Å². The van der Waals surface area contributed by atoms with Crippen molar-refractivity contribution in [3.8, 4) is 23.0 Å². The Morgan fingerprint density at radius 1 is 0.660 bits per heavy atom. The minimum atomic E-state index is -0.566. The Bertz CT molecular complexity index is 1430. The molecule has 250 valence electrons. The Morgan fingerprint density at radius 2 is 1.15 bits per heavy atom. The van der Waals surface area contributed by atoms with Gasteiger partial charge >= 0.3 is 17.9 Å². The summed E-state index contributed by atoms with van der Waals surface area (Å²) in [6, 6.07) is 19.4. The second-order valence-corrected chi connectivity index (χ2v) is 11.0. The van der Waals surface area contributed by atoms with E-state index < -0.39 is 17.9 Å². The molecular weight excluding hydrogens is 608 g/mol. The lowest BCUT2D eigenvalue weighted by molar-refractivity contribution is -0.139. The summed E-state index contributed by atoms with van der Waals surface area (Å²) in [5.74, 6) is 0.267. The van der Waals surface area contributed by atoms with Gasteiger partial charge in [-0.05, 0) is 85.6 Å². The molecule has 0 spiro atoms. The predicted octanol–water partition coefficient (Wildman–Crippen LogP) is 5.46. The minimum absolute atomic E-state index is 0.137. The van der Waals surface area contributed by atoms with Gasteiger partial charge in [0.2, 0.25) is 0 Å². The van der Waals surface area contributed by atoms with E-state index in [-0.39, 0.29) is 29.9 Å². The molecule has 1 aliphatic rings. The first kappa shape index (κ1) is 35.1. The molecular formula is C36H40O11. The lowest BCUT2D eigenvalue weighted by Gasteiger charge is -2.37. The molecule has 0 aromatic heterocycles. The number of hydrogen-bond acceptors (Lipinski definition) is 11. The van der Waals surface area contributed by atoms with Crippen LogP contribution in [0.1, 0.15) is 40.5 Å². The van der Waals surface area contributed by atoms with Crippen LogP contribution in [0.15, 0.2) is 85.5 Å². The largest absolute Gasteiger partial charge is 0.494 e. The van der Waals surface area contributed by atoms with Crippen LogP contribution < -0.4 is 18.9 Å². The van der Waals surface area contributed by atoms with E-state index in [0.717, 1.165) is 38.7 Å². The van der Waals surface area contributed by atoms with Crippen LogP contribution in [0.4, 0.5) is 0 Å². The molecule has 0 aliphatic carbocycles. The molecule has 3 aromatic carbocycles. The van der Waals surface area contributed by atoms with Gasteiger partial charge < -0.3 is 37.9 Å². The van der Waals surface area contributed by atoms with Gasteiger partial charge in [-0.1, -0.05) is 13.5 Å². The average molecular weight is 649 g/mol. The number of esters is 3. The Hall–Kier alpha value is -4.71. The highest BCUT2D eigenvalue weighted by molar-refractivity contribution is 5.92. The topological polar surface area (TPSA) is 125 Å². The molecule has 47 heavy (non-hydrogen) atoms. The smallest absolute Gasteiger partial charge is 0.343 e. The van der Waals surface area contributed by atoms with E-state index in [2.05, 4.69) is 13.5 Å². The average Bonchev–Trinajstić information content (AvgIpc) is 3.07. The van der Waals surface area contributed by atoms with Crippen LogP contribution in [0, 0.1) is 5.41 Å². The van der Waals surface area contributed by atoms with Gasteiger partial charge in [-0.2, -0.15) is 0 Å². The molecule has 0 atom stereocenters. The molecule has 0 amide bonds. The number of ether oxygens (including phenoxy) is 8. The SMILES string of the molecule is C=CC(=O)OCCOCCOc1ccc(OC(=O)c2ccc(OC(=O)c3ccc(OCCCCOCC4(C)COC4)cc3)cc2)cc1. The van der Waals surface area contributed by atoms with Crippen molar-refractivity contribution in [1.82, 2.24) is 0 Å². The maximum absolute atomic E-state index is 12.6. The van der Waals surface area contributed by atoms with Gasteiger partial charge in [0.05, 0.1) is 50.8 Å². The third-order valence-electron chi connectivity index (χ3n) is 6.86. The number of unbranched alkanes of at least 4 members (excludes halogenated alkanes) is 1. The van der Waals surface area contributed by atoms with Crippen molar-refractivity contribution in [2.75, 3.05) is 59.5 Å². The molecule has 0 N–H and O–H groups in total. The highest BCUT2D eigenvalue weighted by Crippen LogP contribution is 2.26. The van der Waals surface area contributed by atoms with E-state index in [1.54, 1.807) is 48.5 Å². The fourth-order valence-corrected chi connectivity index (χ4v) is 4.21. The van der Waals surface area contributed by atoms with Crippen molar-refractivity contribution in [1.29, 1.82) is 0 Å². The molecule has 0 unspecified atom stereocenters. The van der Waals surface area contributed by atoms with Crippen LogP contribution in [-0.2, 0) is 23.7 Å². The molecule has 3 aromatic rings. The molecule has 0 bridgehead atoms. The molecule has 11 heteroatoms. The van der Waals surface area contributed by atoms with Crippen LogP contribution in [-0.4, -0.2) is 77.4 Å². The van der Waals surface area contributed by atoms with E-state index in [1.165, 1.54) is 24.3 Å². The highest BCUT2D eigenvalue weighted by Gasteiger charge is 2.33. The van der Waals surface area contributed by atoms with Gasteiger partial charge in [0.15, 0.2) is 0 Å². The van der Waals surface area contributed by atoms with Crippen LogP contribution in [0.2, 0.25) is 0 Å². The third kappa shape index (κ3) is 12.2. The van der Waals surface area contributed by atoms with Gasteiger partial charge in [0, 0.05) is 18.1 Å². The van der Waals surface area contributed by atoms with Crippen molar-refractivity contribution in [3.05, 3.63) is 96.6 Å². The van der Waals surface area contributed by atoms with Crippen molar-refractivity contribution >= 4 is 17.9 Å². The maximum Gasteiger partial charge on any atom is 0.343 e. The summed E-state index contributed by atoms with van der Waals surface area (Å²) in [6.07, 6.45) is 2.85. The zero-order valence-electron chi connectivity index (χ0n) is 26.5. The van der Waals surface area contributed by atoms with E-state index in [1.807, 2.05) is 0 Å². The summed E-state index contributed by atoms with van der Waals surface area (Å²) >= 11 is 0. The maximum atomic E-state index is 12.6. The van der Waals surface area contributed by atoms with Gasteiger partial charge in [0.25, 0.3) is 0 Å². The van der Waals surface area contributed by atoms with Gasteiger partial charge in [0.1, 0.15) is 36.2 Å². The van der Waals surface area contributed by atoms with Gasteiger partial charge in [-0.15, -0.1) is 0 Å². The Morgan fingerprint density at radius 3 is 1.70 bits per heavy atom. The lowest BCUT2D eigenvalue weighted by Crippen LogP contribution is -2.43. The zero-order chi connectivity index (χ0) is 33.3. The number of carbonyl (C=O) groups excluding carboxylic acids is 3. The molecule has 1 saturated heterocycles. The minimum Gasteiger partial charge on any atom is -0.494 e. The van der Waals surface area contributed by atoms with Crippen molar-refractivity contribution in [2.45, 2.75) is 19.8 Å². The molecule has 0 saturated carbocycles. The number of benzene rings is 3. The molecule has 4 rings (SSSR count). The number of carbonyl (C=O) groups is 3. The third-order valence-corrected chi connectivity index (χ3v) is 6.86. The van der Waals surface area contributed by atoms with Crippen LogP contribution in [0.25, 0.3) is 0 Å². The molecule has 1 heterocycles. The Kier molecular flexibility index (Phi) is 13.8. The first-order valence-electron chi connectivity index (χ1n) is 15.4. The lowest BCUT2D eigenvalue weighted by atomic mass is 9.90. The van der Waals surface area contributed by atoms with E-state index in [4.69, 9.17) is 37.9 Å². The van der Waals surface area contributed by atoms with Crippen LogP contribution >= 0.6 is 0 Å². The second-order valence-electron chi connectivity index (χ2n) is 11.0. The standard InChI is InChI=1S/C36H40O11/c1-3-33(37)45-23-21-40-20-22-44-30-14-16-32(17-15-30)47-35(39)28-8-12-31(13-9-28)46-34(38)27-6-10-29(11-7-27)43-19-5-4-18-41-24-36(2)25-42-26-36/h3,6-17H,1,4-5,18-26H2,2H3. The first-order valence-corrected chi connectivity index (χ1v) is 15.4. The fourth-order valence-electron chi connectivity index (χ4n) is 4.21. The van der Waals surface area contributed by atoms with E-state index in [0.29, 0.717) is 49.2 Å². The number of rotatable bonds is 20.